The second-order valence-electron chi connectivity index (χ2n) is 6.14. The number of carbonyl (C=O) groups is 2. The van der Waals surface area contributed by atoms with Gasteiger partial charge in [-0.15, -0.1) is 0 Å². The summed E-state index contributed by atoms with van der Waals surface area (Å²) >= 11 is 0. The van der Waals surface area contributed by atoms with Crippen molar-refractivity contribution in [2.45, 2.75) is 18.9 Å². The molecule has 2 aliphatic heterocycles. The highest BCUT2D eigenvalue weighted by Gasteiger charge is 2.37. The molecule has 1 unspecified atom stereocenters. The molecule has 0 saturated carbocycles. The van der Waals surface area contributed by atoms with Crippen molar-refractivity contribution in [3.05, 3.63) is 48.3 Å². The van der Waals surface area contributed by atoms with E-state index in [9.17, 15) is 14.0 Å². The van der Waals surface area contributed by atoms with Crippen LogP contribution in [0.2, 0.25) is 0 Å². The minimum absolute atomic E-state index is 0.154. The maximum Gasteiger partial charge on any atom is 0.247 e. The van der Waals surface area contributed by atoms with Gasteiger partial charge in [0.2, 0.25) is 11.8 Å². The highest BCUT2D eigenvalue weighted by atomic mass is 19.1. The summed E-state index contributed by atoms with van der Waals surface area (Å²) < 4.78 is 24.1. The fourth-order valence-corrected chi connectivity index (χ4v) is 3.20. The monoisotopic (exact) mass is 356 g/mol. The predicted octanol–water partition coefficient (Wildman–Crippen LogP) is 2.73. The van der Waals surface area contributed by atoms with E-state index in [1.165, 1.54) is 29.2 Å². The molecule has 0 aliphatic carbocycles. The topological polar surface area (TPSA) is 67.9 Å². The molecule has 0 radical (unpaired) electrons. The van der Waals surface area contributed by atoms with Gasteiger partial charge in [-0.05, 0) is 42.8 Å². The number of ether oxygens (including phenoxy) is 2. The lowest BCUT2D eigenvalue weighted by Gasteiger charge is -2.24. The van der Waals surface area contributed by atoms with Crippen LogP contribution in [0.15, 0.2) is 42.5 Å². The number of halogens is 1. The Morgan fingerprint density at radius 2 is 1.81 bits per heavy atom. The van der Waals surface area contributed by atoms with Gasteiger partial charge < -0.3 is 14.8 Å². The third-order valence-electron chi connectivity index (χ3n) is 4.43. The highest BCUT2D eigenvalue weighted by Crippen LogP contribution is 2.33. The van der Waals surface area contributed by atoms with Crippen LogP contribution in [0.5, 0.6) is 11.5 Å². The molecular formula is C19H17FN2O4. The molecule has 0 bridgehead atoms. The van der Waals surface area contributed by atoms with Crippen LogP contribution in [0, 0.1) is 5.82 Å². The third kappa shape index (κ3) is 3.08. The Hall–Kier alpha value is -3.09. The van der Waals surface area contributed by atoms with E-state index in [0.717, 1.165) is 0 Å². The van der Waals surface area contributed by atoms with Crippen LogP contribution in [0.3, 0.4) is 0 Å². The van der Waals surface area contributed by atoms with Gasteiger partial charge in [-0.1, -0.05) is 0 Å². The number of carbonyl (C=O) groups excluding carboxylic acids is 2. The van der Waals surface area contributed by atoms with Crippen LogP contribution in [-0.2, 0) is 9.59 Å². The zero-order chi connectivity index (χ0) is 18.1. The maximum atomic E-state index is 13.1. The van der Waals surface area contributed by atoms with Gasteiger partial charge in [0.25, 0.3) is 0 Å². The molecule has 0 aromatic heterocycles. The zero-order valence-corrected chi connectivity index (χ0v) is 13.9. The van der Waals surface area contributed by atoms with Gasteiger partial charge in [0.1, 0.15) is 25.1 Å². The fourth-order valence-electron chi connectivity index (χ4n) is 3.20. The second kappa shape index (κ2) is 6.67. The molecule has 2 aromatic rings. The minimum Gasteiger partial charge on any atom is -0.486 e. The standard InChI is InChI=1S/C19H17FN2O4/c20-12-1-4-14(5-2-12)22-15(6-8-18(22)23)19(24)21-13-3-7-16-17(11-13)26-10-9-25-16/h1-5,7,11,15H,6,8-10H2,(H,21,24). The van der Waals surface area contributed by atoms with Gasteiger partial charge >= 0.3 is 0 Å². The van der Waals surface area contributed by atoms with Crippen molar-refractivity contribution in [1.82, 2.24) is 0 Å². The number of amides is 2. The largest absolute Gasteiger partial charge is 0.486 e. The number of fused-ring (bicyclic) bond motifs is 1. The van der Waals surface area contributed by atoms with E-state index in [0.29, 0.717) is 42.5 Å². The van der Waals surface area contributed by atoms with Gasteiger partial charge in [-0.2, -0.15) is 0 Å². The van der Waals surface area contributed by atoms with Crippen molar-refractivity contribution < 1.29 is 23.5 Å². The van der Waals surface area contributed by atoms with Gasteiger partial charge in [0.15, 0.2) is 11.5 Å². The van der Waals surface area contributed by atoms with Crippen molar-refractivity contribution in [1.29, 1.82) is 0 Å². The van der Waals surface area contributed by atoms with Crippen LogP contribution in [-0.4, -0.2) is 31.1 Å². The van der Waals surface area contributed by atoms with Crippen molar-refractivity contribution in [2.24, 2.45) is 0 Å². The van der Waals surface area contributed by atoms with Crippen molar-refractivity contribution in [3.8, 4) is 11.5 Å². The Balaban J connectivity index is 1.53. The highest BCUT2D eigenvalue weighted by molar-refractivity contribution is 6.07. The fraction of sp³-hybridized carbons (Fsp3) is 0.263. The Kier molecular flexibility index (Phi) is 4.20. The SMILES string of the molecule is O=C(Nc1ccc2c(c1)OCCO2)C1CCC(=O)N1c1ccc(F)cc1. The van der Waals surface area contributed by atoms with Gasteiger partial charge in [0.05, 0.1) is 0 Å². The quantitative estimate of drug-likeness (QED) is 0.918. The Morgan fingerprint density at radius 1 is 1.08 bits per heavy atom. The maximum absolute atomic E-state index is 13.1. The number of benzene rings is 2. The van der Waals surface area contributed by atoms with Gasteiger partial charge in [-0.25, -0.2) is 4.39 Å². The molecule has 6 nitrogen and oxygen atoms in total. The summed E-state index contributed by atoms with van der Waals surface area (Å²) in [7, 11) is 0. The smallest absolute Gasteiger partial charge is 0.247 e. The van der Waals surface area contributed by atoms with E-state index in [-0.39, 0.29) is 18.2 Å². The van der Waals surface area contributed by atoms with E-state index >= 15 is 0 Å². The first-order valence-corrected chi connectivity index (χ1v) is 8.40. The second-order valence-corrected chi connectivity index (χ2v) is 6.14. The number of nitrogens with one attached hydrogen (secondary N) is 1. The molecule has 2 aromatic carbocycles. The Morgan fingerprint density at radius 3 is 2.58 bits per heavy atom. The lowest BCUT2D eigenvalue weighted by molar-refractivity contribution is -0.120. The average molecular weight is 356 g/mol. The molecule has 1 atom stereocenters. The summed E-state index contributed by atoms with van der Waals surface area (Å²) in [5.41, 5.74) is 1.08. The molecule has 134 valence electrons. The molecule has 1 N–H and O–H groups in total. The Bertz CT molecular complexity index is 853. The van der Waals surface area contributed by atoms with E-state index in [1.807, 2.05) is 0 Å². The Labute approximate surface area is 149 Å². The number of nitrogens with zero attached hydrogens (tertiary/aromatic N) is 1. The molecular weight excluding hydrogens is 339 g/mol. The first kappa shape index (κ1) is 16.4. The zero-order valence-electron chi connectivity index (χ0n) is 13.9. The predicted molar refractivity (Wildman–Crippen MR) is 93.0 cm³/mol. The lowest BCUT2D eigenvalue weighted by atomic mass is 10.1. The molecule has 2 amide bonds. The van der Waals surface area contributed by atoms with Crippen LogP contribution < -0.4 is 19.7 Å². The summed E-state index contributed by atoms with van der Waals surface area (Å²) in [5, 5.41) is 2.82. The van der Waals surface area contributed by atoms with Crippen molar-refractivity contribution >= 4 is 23.2 Å². The number of rotatable bonds is 3. The van der Waals surface area contributed by atoms with E-state index in [2.05, 4.69) is 5.32 Å². The molecule has 2 heterocycles. The summed E-state index contributed by atoms with van der Waals surface area (Å²) in [5.74, 6) is 0.374. The first-order chi connectivity index (χ1) is 12.6. The molecule has 26 heavy (non-hydrogen) atoms. The number of anilines is 2. The van der Waals surface area contributed by atoms with E-state index in [4.69, 9.17) is 9.47 Å². The van der Waals surface area contributed by atoms with Crippen LogP contribution >= 0.6 is 0 Å². The van der Waals surface area contributed by atoms with Crippen LogP contribution in [0.1, 0.15) is 12.8 Å². The van der Waals surface area contributed by atoms with E-state index in [1.54, 1.807) is 18.2 Å². The number of hydrogen-bond donors (Lipinski definition) is 1. The summed E-state index contributed by atoms with van der Waals surface area (Å²) in [6.45, 7) is 0.954. The minimum atomic E-state index is -0.638. The van der Waals surface area contributed by atoms with Crippen LogP contribution in [0.4, 0.5) is 15.8 Å². The summed E-state index contributed by atoms with van der Waals surface area (Å²) in [4.78, 5) is 26.4. The molecule has 0 spiro atoms. The van der Waals surface area contributed by atoms with Gasteiger partial charge in [0, 0.05) is 23.9 Å². The summed E-state index contributed by atoms with van der Waals surface area (Å²) in [6.07, 6.45) is 0.684. The van der Waals surface area contributed by atoms with E-state index < -0.39 is 11.9 Å². The molecule has 1 saturated heterocycles. The summed E-state index contributed by atoms with van der Waals surface area (Å²) in [6, 6.07) is 10.1. The lowest BCUT2D eigenvalue weighted by Crippen LogP contribution is -2.41. The molecule has 4 rings (SSSR count). The normalized spacial score (nSPS) is 18.7. The molecule has 2 aliphatic rings. The van der Waals surface area contributed by atoms with Gasteiger partial charge in [-0.3, -0.25) is 14.5 Å². The van der Waals surface area contributed by atoms with Crippen molar-refractivity contribution in [2.75, 3.05) is 23.4 Å². The first-order valence-electron chi connectivity index (χ1n) is 8.40. The van der Waals surface area contributed by atoms with Crippen molar-refractivity contribution in [3.63, 3.8) is 0 Å². The third-order valence-corrected chi connectivity index (χ3v) is 4.43. The molecule has 7 heteroatoms. The van der Waals surface area contributed by atoms with Crippen LogP contribution in [0.25, 0.3) is 0 Å². The number of hydrogen-bond acceptors (Lipinski definition) is 4. The molecule has 1 fully saturated rings. The average Bonchev–Trinajstić information content (AvgIpc) is 3.04.